The van der Waals surface area contributed by atoms with Gasteiger partial charge >= 0.3 is 72.2 Å². The topological polar surface area (TPSA) is 0 Å². The number of rotatable bonds is 6. The van der Waals surface area contributed by atoms with Crippen LogP contribution in [0.3, 0.4) is 0 Å². The predicted octanol–water partition coefficient (Wildman–Crippen LogP) is 3.10. The van der Waals surface area contributed by atoms with Crippen LogP contribution in [0.5, 0.6) is 0 Å². The van der Waals surface area contributed by atoms with Crippen molar-refractivity contribution in [1.29, 1.82) is 0 Å². The Balaban J connectivity index is 3.09. The molecular formula is C9H20Sn. The van der Waals surface area contributed by atoms with Crippen LogP contribution in [0.1, 0.15) is 39.5 Å². The van der Waals surface area contributed by atoms with Gasteiger partial charge in [0.25, 0.3) is 0 Å². The molecular weight excluding hydrogens is 227 g/mol. The SMILES string of the molecule is [CH2]=[Sn]([CH2]CCC)[CH2]CCC. The molecule has 0 heterocycles. The molecule has 0 amide bonds. The number of hydrogen-bond acceptors (Lipinski definition) is 0. The zero-order valence-electron chi connectivity index (χ0n) is 7.45. The third kappa shape index (κ3) is 6.78. The minimum atomic E-state index is -0.991. The molecule has 0 saturated carbocycles. The summed E-state index contributed by atoms with van der Waals surface area (Å²) in [6, 6.07) is 0. The first-order valence-electron chi connectivity index (χ1n) is 4.47. The van der Waals surface area contributed by atoms with E-state index in [2.05, 4.69) is 18.4 Å². The third-order valence-corrected chi connectivity index (χ3v) is 7.82. The Morgan fingerprint density at radius 3 is 1.70 bits per heavy atom. The molecule has 10 heavy (non-hydrogen) atoms. The van der Waals surface area contributed by atoms with Crippen molar-refractivity contribution in [3.8, 4) is 0 Å². The molecule has 0 aromatic heterocycles. The van der Waals surface area contributed by atoms with Crippen LogP contribution in [0.15, 0.2) is 0 Å². The van der Waals surface area contributed by atoms with Gasteiger partial charge in [-0.15, -0.1) is 0 Å². The zero-order valence-corrected chi connectivity index (χ0v) is 10.3. The number of unbranched alkanes of at least 4 members (excludes halogenated alkanes) is 2. The van der Waals surface area contributed by atoms with Crippen LogP contribution < -0.4 is 0 Å². The summed E-state index contributed by atoms with van der Waals surface area (Å²) < 4.78 is 7.36. The minimum absolute atomic E-state index is 0.991. The molecule has 0 bridgehead atoms. The van der Waals surface area contributed by atoms with Crippen molar-refractivity contribution in [3.63, 3.8) is 0 Å². The van der Waals surface area contributed by atoms with Crippen LogP contribution in [-0.4, -0.2) is 23.8 Å². The van der Waals surface area contributed by atoms with Gasteiger partial charge < -0.3 is 0 Å². The van der Waals surface area contributed by atoms with Crippen LogP contribution in [-0.2, 0) is 0 Å². The van der Waals surface area contributed by atoms with E-state index in [9.17, 15) is 0 Å². The molecule has 0 N–H and O–H groups in total. The molecule has 0 radical (unpaired) electrons. The Kier molecular flexibility index (Phi) is 8.29. The summed E-state index contributed by atoms with van der Waals surface area (Å²) in [5.74, 6) is 0. The van der Waals surface area contributed by atoms with Gasteiger partial charge in [0.2, 0.25) is 0 Å². The van der Waals surface area contributed by atoms with E-state index in [0.717, 1.165) is 0 Å². The van der Waals surface area contributed by atoms with Crippen molar-refractivity contribution < 1.29 is 0 Å². The van der Waals surface area contributed by atoms with E-state index in [1.54, 1.807) is 0 Å². The summed E-state index contributed by atoms with van der Waals surface area (Å²) >= 11 is -0.991. The second kappa shape index (κ2) is 7.77. The van der Waals surface area contributed by atoms with E-state index in [0.29, 0.717) is 0 Å². The summed E-state index contributed by atoms with van der Waals surface area (Å²) in [5, 5.41) is 0. The Labute approximate surface area is 72.3 Å². The molecule has 0 aliphatic rings. The maximum atomic E-state index is 4.31. The Hall–Kier alpha value is 0.669. The molecule has 0 fully saturated rings. The van der Waals surface area contributed by atoms with E-state index in [1.807, 2.05) is 0 Å². The Morgan fingerprint density at radius 2 is 1.40 bits per heavy atom. The van der Waals surface area contributed by atoms with Crippen LogP contribution in [0.4, 0.5) is 0 Å². The van der Waals surface area contributed by atoms with Gasteiger partial charge in [0.1, 0.15) is 0 Å². The van der Waals surface area contributed by atoms with Gasteiger partial charge in [0.05, 0.1) is 0 Å². The van der Waals surface area contributed by atoms with Crippen molar-refractivity contribution in [1.82, 2.24) is 0 Å². The fraction of sp³-hybridized carbons (Fsp3) is 0.889. The van der Waals surface area contributed by atoms with Crippen molar-refractivity contribution >= 4 is 23.8 Å². The fourth-order valence-electron chi connectivity index (χ4n) is 0.979. The molecule has 0 atom stereocenters. The van der Waals surface area contributed by atoms with Crippen LogP contribution >= 0.6 is 0 Å². The molecule has 0 aromatic rings. The van der Waals surface area contributed by atoms with E-state index >= 15 is 0 Å². The predicted molar refractivity (Wildman–Crippen MR) is 52.3 cm³/mol. The molecule has 0 rings (SSSR count). The standard InChI is InChI=1S/2C4H9.CH2.Sn/c2*1-3-4-2;;/h2*1,3-4H2,2H3;1H2;. The third-order valence-electron chi connectivity index (χ3n) is 1.77. The van der Waals surface area contributed by atoms with Crippen LogP contribution in [0.25, 0.3) is 0 Å². The number of hydrogen-bond donors (Lipinski definition) is 0. The zero-order chi connectivity index (χ0) is 7.82. The first kappa shape index (κ1) is 10.7. The Bertz CT molecular complexity index is 76.7. The van der Waals surface area contributed by atoms with Gasteiger partial charge in [-0.25, -0.2) is 0 Å². The average Bonchev–Trinajstić information content (AvgIpc) is 1.97. The molecule has 0 aromatic carbocycles. The second-order valence-electron chi connectivity index (χ2n) is 2.96. The normalized spacial score (nSPS) is 9.80. The summed E-state index contributed by atoms with van der Waals surface area (Å²) in [6.45, 7) is 4.55. The quantitative estimate of drug-likeness (QED) is 0.632. The summed E-state index contributed by atoms with van der Waals surface area (Å²) in [7, 11) is 0. The maximum absolute atomic E-state index is 4.31. The van der Waals surface area contributed by atoms with Crippen molar-refractivity contribution in [2.45, 2.75) is 48.4 Å². The van der Waals surface area contributed by atoms with E-state index < -0.39 is 19.3 Å². The summed E-state index contributed by atoms with van der Waals surface area (Å²) in [4.78, 5) is 0. The van der Waals surface area contributed by atoms with Gasteiger partial charge in [0, 0.05) is 0 Å². The van der Waals surface area contributed by atoms with Crippen molar-refractivity contribution in [2.75, 3.05) is 0 Å². The van der Waals surface area contributed by atoms with Gasteiger partial charge in [-0.05, 0) is 0 Å². The molecule has 0 nitrogen and oxygen atoms in total. The van der Waals surface area contributed by atoms with E-state index in [4.69, 9.17) is 0 Å². The molecule has 1 heteroatoms. The Morgan fingerprint density at radius 1 is 1.00 bits per heavy atom. The second-order valence-corrected chi connectivity index (χ2v) is 10.1. The molecule has 0 spiro atoms. The fourth-order valence-corrected chi connectivity index (χ4v) is 6.56. The summed E-state index contributed by atoms with van der Waals surface area (Å²) in [5.41, 5.74) is 0. The monoisotopic (exact) mass is 248 g/mol. The first-order valence-corrected chi connectivity index (χ1v) is 10.5. The van der Waals surface area contributed by atoms with Crippen LogP contribution in [0.2, 0.25) is 8.87 Å². The van der Waals surface area contributed by atoms with Gasteiger partial charge in [-0.3, -0.25) is 0 Å². The summed E-state index contributed by atoms with van der Waals surface area (Å²) in [6.07, 6.45) is 5.63. The molecule has 60 valence electrons. The van der Waals surface area contributed by atoms with Gasteiger partial charge in [-0.1, -0.05) is 0 Å². The van der Waals surface area contributed by atoms with E-state index in [-0.39, 0.29) is 0 Å². The van der Waals surface area contributed by atoms with Gasteiger partial charge in [0.15, 0.2) is 0 Å². The first-order chi connectivity index (χ1) is 4.81. The van der Waals surface area contributed by atoms with Crippen molar-refractivity contribution in [2.24, 2.45) is 0 Å². The van der Waals surface area contributed by atoms with Gasteiger partial charge in [-0.2, -0.15) is 0 Å². The van der Waals surface area contributed by atoms with Crippen LogP contribution in [0, 0.1) is 0 Å². The molecule has 0 aliphatic carbocycles. The molecule has 0 aliphatic heterocycles. The molecule has 0 unspecified atom stereocenters. The van der Waals surface area contributed by atoms with E-state index in [1.165, 1.54) is 34.6 Å². The average molecular weight is 247 g/mol. The van der Waals surface area contributed by atoms with Crippen molar-refractivity contribution in [3.05, 3.63) is 0 Å². The molecule has 0 saturated heterocycles.